The third-order valence-corrected chi connectivity index (χ3v) is 2.49. The van der Waals surface area contributed by atoms with Crippen LogP contribution in [0.1, 0.15) is 5.56 Å². The monoisotopic (exact) mass is 254 g/mol. The molecule has 0 radical (unpaired) electrons. The minimum Gasteiger partial charge on any atom is -0.497 e. The van der Waals surface area contributed by atoms with Gasteiger partial charge in [-0.05, 0) is 35.9 Å². The number of benzene rings is 2. The summed E-state index contributed by atoms with van der Waals surface area (Å²) in [4.78, 5) is 11.6. The molecule has 2 rings (SSSR count). The van der Waals surface area contributed by atoms with Gasteiger partial charge in [0, 0.05) is 6.08 Å². The standard InChI is InChI=1S/C16H14O3/c1-18-14-8-10-15(11-9-14)19-16(17)12-7-13-5-3-2-4-6-13/h2-12H,1H3/b12-7-. The summed E-state index contributed by atoms with van der Waals surface area (Å²) >= 11 is 0. The fourth-order valence-electron chi connectivity index (χ4n) is 1.52. The van der Waals surface area contributed by atoms with Crippen LogP contribution >= 0.6 is 0 Å². The van der Waals surface area contributed by atoms with Crippen molar-refractivity contribution in [1.29, 1.82) is 0 Å². The van der Waals surface area contributed by atoms with Gasteiger partial charge in [0.2, 0.25) is 0 Å². The molecule has 0 aliphatic heterocycles. The molecule has 0 spiro atoms. The fraction of sp³-hybridized carbons (Fsp3) is 0.0625. The second-order valence-corrected chi connectivity index (χ2v) is 3.84. The SMILES string of the molecule is COc1ccc(OC(=O)/C=C\c2ccccc2)cc1. The van der Waals surface area contributed by atoms with Gasteiger partial charge in [-0.15, -0.1) is 0 Å². The summed E-state index contributed by atoms with van der Waals surface area (Å²) in [6.07, 6.45) is 3.12. The van der Waals surface area contributed by atoms with E-state index in [9.17, 15) is 4.79 Å². The van der Waals surface area contributed by atoms with Gasteiger partial charge in [-0.25, -0.2) is 4.79 Å². The minimum atomic E-state index is -0.408. The lowest BCUT2D eigenvalue weighted by Gasteiger charge is -2.02. The molecule has 0 fully saturated rings. The van der Waals surface area contributed by atoms with Crippen LogP contribution in [0.3, 0.4) is 0 Å². The number of hydrogen-bond donors (Lipinski definition) is 0. The first-order valence-electron chi connectivity index (χ1n) is 5.87. The first-order chi connectivity index (χ1) is 9.28. The van der Waals surface area contributed by atoms with E-state index >= 15 is 0 Å². The molecule has 19 heavy (non-hydrogen) atoms. The lowest BCUT2D eigenvalue weighted by atomic mass is 10.2. The largest absolute Gasteiger partial charge is 0.497 e. The molecule has 0 unspecified atom stereocenters. The maximum absolute atomic E-state index is 11.6. The second-order valence-electron chi connectivity index (χ2n) is 3.84. The third-order valence-electron chi connectivity index (χ3n) is 2.49. The highest BCUT2D eigenvalue weighted by molar-refractivity contribution is 5.88. The third kappa shape index (κ3) is 4.00. The van der Waals surface area contributed by atoms with Gasteiger partial charge < -0.3 is 9.47 Å². The van der Waals surface area contributed by atoms with Crippen LogP contribution < -0.4 is 9.47 Å². The summed E-state index contributed by atoms with van der Waals surface area (Å²) in [6, 6.07) is 16.4. The predicted molar refractivity (Wildman–Crippen MR) is 74.1 cm³/mol. The zero-order valence-corrected chi connectivity index (χ0v) is 10.6. The van der Waals surface area contributed by atoms with Crippen molar-refractivity contribution in [3.63, 3.8) is 0 Å². The summed E-state index contributed by atoms with van der Waals surface area (Å²) in [5, 5.41) is 0. The van der Waals surface area contributed by atoms with E-state index in [0.717, 1.165) is 11.3 Å². The molecule has 2 aromatic rings. The van der Waals surface area contributed by atoms with Gasteiger partial charge in [0.15, 0.2) is 0 Å². The smallest absolute Gasteiger partial charge is 0.336 e. The van der Waals surface area contributed by atoms with Gasteiger partial charge in [0.1, 0.15) is 11.5 Å². The van der Waals surface area contributed by atoms with Crippen LogP contribution in [0.5, 0.6) is 11.5 Å². The van der Waals surface area contributed by atoms with E-state index in [2.05, 4.69) is 0 Å². The first-order valence-corrected chi connectivity index (χ1v) is 5.87. The molecule has 0 saturated carbocycles. The Morgan fingerprint density at radius 2 is 1.58 bits per heavy atom. The molecule has 3 heteroatoms. The summed E-state index contributed by atoms with van der Waals surface area (Å²) < 4.78 is 10.2. The Labute approximate surface area is 112 Å². The maximum Gasteiger partial charge on any atom is 0.336 e. The van der Waals surface area contributed by atoms with Gasteiger partial charge in [-0.2, -0.15) is 0 Å². The van der Waals surface area contributed by atoms with Gasteiger partial charge in [0.25, 0.3) is 0 Å². The normalized spacial score (nSPS) is 10.4. The number of hydrogen-bond acceptors (Lipinski definition) is 3. The lowest BCUT2D eigenvalue weighted by Crippen LogP contribution is -2.03. The Morgan fingerprint density at radius 1 is 0.947 bits per heavy atom. The summed E-state index contributed by atoms with van der Waals surface area (Å²) in [5.74, 6) is 0.803. The van der Waals surface area contributed by atoms with Crippen LogP contribution in [-0.2, 0) is 4.79 Å². The van der Waals surface area contributed by atoms with Crippen molar-refractivity contribution >= 4 is 12.0 Å². The Kier molecular flexibility index (Phi) is 4.34. The maximum atomic E-state index is 11.6. The molecule has 0 heterocycles. The quantitative estimate of drug-likeness (QED) is 0.477. The highest BCUT2D eigenvalue weighted by Gasteiger charge is 2.00. The van der Waals surface area contributed by atoms with Crippen LogP contribution in [0.25, 0.3) is 6.08 Å². The van der Waals surface area contributed by atoms with Crippen LogP contribution in [0.4, 0.5) is 0 Å². The molecule has 0 amide bonds. The molecule has 0 saturated heterocycles. The molecule has 3 nitrogen and oxygen atoms in total. The van der Waals surface area contributed by atoms with Crippen LogP contribution in [0.15, 0.2) is 60.7 Å². The number of carbonyl (C=O) groups excluding carboxylic acids is 1. The molecule has 0 aromatic heterocycles. The lowest BCUT2D eigenvalue weighted by molar-refractivity contribution is -0.128. The zero-order valence-electron chi connectivity index (χ0n) is 10.6. The molecule has 2 aromatic carbocycles. The molecular weight excluding hydrogens is 240 g/mol. The average Bonchev–Trinajstić information content (AvgIpc) is 2.47. The summed E-state index contributed by atoms with van der Waals surface area (Å²) in [7, 11) is 1.59. The minimum absolute atomic E-state index is 0.408. The molecule has 0 bridgehead atoms. The van der Waals surface area contributed by atoms with Crippen molar-refractivity contribution in [2.45, 2.75) is 0 Å². The van der Waals surface area contributed by atoms with E-state index in [-0.39, 0.29) is 0 Å². The van der Waals surface area contributed by atoms with E-state index in [1.807, 2.05) is 30.3 Å². The number of methoxy groups -OCH3 is 1. The molecule has 0 atom stereocenters. The van der Waals surface area contributed by atoms with Crippen molar-refractivity contribution in [3.05, 3.63) is 66.2 Å². The fourth-order valence-corrected chi connectivity index (χ4v) is 1.52. The second kappa shape index (κ2) is 6.40. The highest BCUT2D eigenvalue weighted by atomic mass is 16.5. The van der Waals surface area contributed by atoms with E-state index in [0.29, 0.717) is 5.75 Å². The Balaban J connectivity index is 1.95. The predicted octanol–water partition coefficient (Wildman–Crippen LogP) is 3.31. The number of ether oxygens (including phenoxy) is 2. The van der Waals surface area contributed by atoms with E-state index in [1.54, 1.807) is 37.5 Å². The van der Waals surface area contributed by atoms with Crippen molar-refractivity contribution in [3.8, 4) is 11.5 Å². The van der Waals surface area contributed by atoms with Crippen molar-refractivity contribution in [2.24, 2.45) is 0 Å². The molecule has 0 aliphatic rings. The zero-order chi connectivity index (χ0) is 13.5. The summed E-state index contributed by atoms with van der Waals surface area (Å²) in [6.45, 7) is 0. The van der Waals surface area contributed by atoms with Crippen LogP contribution in [0.2, 0.25) is 0 Å². The topological polar surface area (TPSA) is 35.5 Å². The Hall–Kier alpha value is -2.55. The van der Waals surface area contributed by atoms with Gasteiger partial charge >= 0.3 is 5.97 Å². The van der Waals surface area contributed by atoms with Crippen LogP contribution in [-0.4, -0.2) is 13.1 Å². The molecule has 0 N–H and O–H groups in total. The van der Waals surface area contributed by atoms with E-state index in [1.165, 1.54) is 6.08 Å². The van der Waals surface area contributed by atoms with E-state index in [4.69, 9.17) is 9.47 Å². The van der Waals surface area contributed by atoms with Crippen LogP contribution in [0, 0.1) is 0 Å². The van der Waals surface area contributed by atoms with Gasteiger partial charge in [0.05, 0.1) is 7.11 Å². The Morgan fingerprint density at radius 3 is 2.21 bits per heavy atom. The Bertz CT molecular complexity index is 556. The summed E-state index contributed by atoms with van der Waals surface area (Å²) in [5.41, 5.74) is 0.953. The molecule has 0 aliphatic carbocycles. The van der Waals surface area contributed by atoms with Crippen molar-refractivity contribution in [1.82, 2.24) is 0 Å². The van der Waals surface area contributed by atoms with E-state index < -0.39 is 5.97 Å². The number of carbonyl (C=O) groups is 1. The van der Waals surface area contributed by atoms with Crippen molar-refractivity contribution in [2.75, 3.05) is 7.11 Å². The number of rotatable bonds is 4. The average molecular weight is 254 g/mol. The molecule has 96 valence electrons. The highest BCUT2D eigenvalue weighted by Crippen LogP contribution is 2.17. The van der Waals surface area contributed by atoms with Gasteiger partial charge in [-0.3, -0.25) is 0 Å². The molecular formula is C16H14O3. The first kappa shape index (κ1) is 12.9. The number of esters is 1. The van der Waals surface area contributed by atoms with Crippen molar-refractivity contribution < 1.29 is 14.3 Å². The van der Waals surface area contributed by atoms with Gasteiger partial charge in [-0.1, -0.05) is 30.3 Å².